The van der Waals surface area contributed by atoms with Gasteiger partial charge in [0.1, 0.15) is 5.75 Å². The van der Waals surface area contributed by atoms with Crippen LogP contribution < -0.4 is 20.2 Å². The van der Waals surface area contributed by atoms with E-state index < -0.39 is 27.9 Å². The molecule has 0 aliphatic carbocycles. The van der Waals surface area contributed by atoms with E-state index in [1.54, 1.807) is 45.0 Å². The zero-order valence-electron chi connectivity index (χ0n) is 21.2. The molecule has 2 amide bonds. The molecule has 11 nitrogen and oxygen atoms in total. The fourth-order valence-electron chi connectivity index (χ4n) is 3.03. The smallest absolute Gasteiger partial charge is 0.343 e. The number of methoxy groups -OCH3 is 1. The van der Waals surface area contributed by atoms with Crippen LogP contribution in [0.25, 0.3) is 0 Å². The largest absolute Gasteiger partial charge is 0.497 e. The van der Waals surface area contributed by atoms with Crippen LogP contribution in [0.1, 0.15) is 47.1 Å². The molecule has 0 atom stereocenters. The van der Waals surface area contributed by atoms with Gasteiger partial charge in [0.25, 0.3) is 5.91 Å². The van der Waals surface area contributed by atoms with Gasteiger partial charge in [-0.05, 0) is 54.6 Å². The number of anilines is 1. The lowest BCUT2D eigenvalue weighted by molar-refractivity contribution is -0.385. The highest BCUT2D eigenvalue weighted by molar-refractivity contribution is 5.98. The number of carbonyl (C=O) groups is 3. The van der Waals surface area contributed by atoms with E-state index in [2.05, 4.69) is 15.8 Å². The molecule has 0 bridgehead atoms. The third kappa shape index (κ3) is 7.00. The summed E-state index contributed by atoms with van der Waals surface area (Å²) in [7, 11) is 1.48. The molecule has 196 valence electrons. The Morgan fingerprint density at radius 2 is 1.58 bits per heavy atom. The van der Waals surface area contributed by atoms with Crippen LogP contribution in [-0.4, -0.2) is 36.0 Å². The molecule has 0 heterocycles. The molecule has 38 heavy (non-hydrogen) atoms. The summed E-state index contributed by atoms with van der Waals surface area (Å²) in [4.78, 5) is 48.1. The maximum atomic E-state index is 12.6. The Hall–Kier alpha value is -5.06. The zero-order valence-corrected chi connectivity index (χ0v) is 21.2. The standard InChI is InChI=1S/C27H26N4O7/c1-27(2,3)26(34)29-20-12-8-17(9-13-20)24(32)30-28-16-19-6-5-7-22(31(35)36)23(19)38-25(33)18-10-14-21(37-4)15-11-18/h5-16H,1-4H3,(H,29,34)(H,30,32)/b28-16+. The molecule has 0 aliphatic rings. The number of amides is 2. The first-order chi connectivity index (χ1) is 18.0. The fraction of sp³-hybridized carbons (Fsp3) is 0.185. The molecular formula is C27H26N4O7. The lowest BCUT2D eigenvalue weighted by Crippen LogP contribution is -2.27. The van der Waals surface area contributed by atoms with Crippen LogP contribution >= 0.6 is 0 Å². The van der Waals surface area contributed by atoms with E-state index in [0.717, 1.165) is 6.21 Å². The van der Waals surface area contributed by atoms with Crippen molar-refractivity contribution in [2.75, 3.05) is 12.4 Å². The van der Waals surface area contributed by atoms with Gasteiger partial charge in [-0.3, -0.25) is 19.7 Å². The molecular weight excluding hydrogens is 492 g/mol. The minimum Gasteiger partial charge on any atom is -0.497 e. The Morgan fingerprint density at radius 3 is 2.16 bits per heavy atom. The second-order valence-corrected chi connectivity index (χ2v) is 9.05. The average Bonchev–Trinajstić information content (AvgIpc) is 2.89. The van der Waals surface area contributed by atoms with Gasteiger partial charge in [-0.15, -0.1) is 0 Å². The summed E-state index contributed by atoms with van der Waals surface area (Å²) in [6, 6.07) is 16.3. The number of hydrazone groups is 1. The summed E-state index contributed by atoms with van der Waals surface area (Å²) in [5, 5.41) is 18.2. The van der Waals surface area contributed by atoms with Crippen molar-refractivity contribution in [2.24, 2.45) is 10.5 Å². The Morgan fingerprint density at radius 1 is 0.947 bits per heavy atom. The van der Waals surface area contributed by atoms with E-state index in [0.29, 0.717) is 11.4 Å². The predicted octanol–water partition coefficient (Wildman–Crippen LogP) is 4.57. The van der Waals surface area contributed by atoms with E-state index in [1.807, 2.05) is 0 Å². The van der Waals surface area contributed by atoms with E-state index in [4.69, 9.17) is 9.47 Å². The number of nitrogens with one attached hydrogen (secondary N) is 2. The number of benzene rings is 3. The first-order valence-electron chi connectivity index (χ1n) is 11.4. The topological polar surface area (TPSA) is 149 Å². The molecule has 11 heteroatoms. The molecule has 0 radical (unpaired) electrons. The Balaban J connectivity index is 1.74. The zero-order chi connectivity index (χ0) is 27.9. The molecule has 0 unspecified atom stereocenters. The average molecular weight is 519 g/mol. The number of rotatable bonds is 8. The SMILES string of the molecule is COc1ccc(C(=O)Oc2c(/C=N/NC(=O)c3ccc(NC(=O)C(C)(C)C)cc3)cccc2[N+](=O)[O-])cc1. The van der Waals surface area contributed by atoms with Gasteiger partial charge < -0.3 is 14.8 Å². The van der Waals surface area contributed by atoms with Crippen LogP contribution in [0.3, 0.4) is 0 Å². The summed E-state index contributed by atoms with van der Waals surface area (Å²) < 4.78 is 10.4. The monoisotopic (exact) mass is 518 g/mol. The van der Waals surface area contributed by atoms with Crippen molar-refractivity contribution < 1.29 is 28.8 Å². The molecule has 3 rings (SSSR count). The van der Waals surface area contributed by atoms with E-state index in [-0.39, 0.29) is 28.3 Å². The van der Waals surface area contributed by atoms with Gasteiger partial charge in [-0.2, -0.15) is 5.10 Å². The number of nitro benzene ring substituents is 1. The van der Waals surface area contributed by atoms with E-state index in [9.17, 15) is 24.5 Å². The molecule has 0 fully saturated rings. The molecule has 0 aliphatic heterocycles. The number of para-hydroxylation sites is 1. The van der Waals surface area contributed by atoms with Crippen molar-refractivity contribution >= 4 is 35.4 Å². The number of esters is 1. The van der Waals surface area contributed by atoms with Crippen LogP contribution in [0, 0.1) is 15.5 Å². The molecule has 0 spiro atoms. The molecule has 0 aromatic heterocycles. The quantitative estimate of drug-likeness (QED) is 0.146. The summed E-state index contributed by atoms with van der Waals surface area (Å²) in [5.41, 5.74) is 2.36. The number of carbonyl (C=O) groups excluding carboxylic acids is 3. The van der Waals surface area contributed by atoms with Crippen molar-refractivity contribution in [3.05, 3.63) is 93.5 Å². The first kappa shape index (κ1) is 27.5. The molecule has 3 aromatic rings. The molecule has 3 aromatic carbocycles. The van der Waals surface area contributed by atoms with Gasteiger partial charge >= 0.3 is 11.7 Å². The minimum absolute atomic E-state index is 0.0987. The highest BCUT2D eigenvalue weighted by Crippen LogP contribution is 2.31. The lowest BCUT2D eigenvalue weighted by atomic mass is 9.95. The van der Waals surface area contributed by atoms with Crippen LogP contribution in [0.4, 0.5) is 11.4 Å². The first-order valence-corrected chi connectivity index (χ1v) is 11.4. The van der Waals surface area contributed by atoms with Crippen LogP contribution in [0.15, 0.2) is 71.8 Å². The van der Waals surface area contributed by atoms with Gasteiger partial charge in [-0.25, -0.2) is 10.2 Å². The van der Waals surface area contributed by atoms with Gasteiger partial charge in [0, 0.05) is 28.3 Å². The van der Waals surface area contributed by atoms with Crippen molar-refractivity contribution in [2.45, 2.75) is 20.8 Å². The Labute approximate surface area is 218 Å². The molecule has 0 saturated carbocycles. The second kappa shape index (κ2) is 11.8. The van der Waals surface area contributed by atoms with Crippen molar-refractivity contribution in [3.63, 3.8) is 0 Å². The number of hydrogen-bond donors (Lipinski definition) is 2. The number of nitrogens with zero attached hydrogens (tertiary/aromatic N) is 2. The number of hydrogen-bond acceptors (Lipinski definition) is 8. The second-order valence-electron chi connectivity index (χ2n) is 9.05. The highest BCUT2D eigenvalue weighted by atomic mass is 16.6. The molecule has 0 saturated heterocycles. The van der Waals surface area contributed by atoms with Gasteiger partial charge in [0.2, 0.25) is 11.7 Å². The Bertz CT molecular complexity index is 1380. The third-order valence-electron chi connectivity index (χ3n) is 5.20. The van der Waals surface area contributed by atoms with Crippen molar-refractivity contribution in [1.29, 1.82) is 0 Å². The number of nitro groups is 1. The maximum absolute atomic E-state index is 12.6. The third-order valence-corrected chi connectivity index (χ3v) is 5.20. The summed E-state index contributed by atoms with van der Waals surface area (Å²) in [6.45, 7) is 5.36. The van der Waals surface area contributed by atoms with E-state index >= 15 is 0 Å². The van der Waals surface area contributed by atoms with Crippen LogP contribution in [0.5, 0.6) is 11.5 Å². The highest BCUT2D eigenvalue weighted by Gasteiger charge is 2.23. The van der Waals surface area contributed by atoms with Crippen molar-refractivity contribution in [1.82, 2.24) is 5.43 Å². The maximum Gasteiger partial charge on any atom is 0.343 e. The normalized spacial score (nSPS) is 11.1. The Kier molecular flexibility index (Phi) is 8.54. The predicted molar refractivity (Wildman–Crippen MR) is 141 cm³/mol. The van der Waals surface area contributed by atoms with E-state index in [1.165, 1.54) is 49.6 Å². The fourth-order valence-corrected chi connectivity index (χ4v) is 3.03. The summed E-state index contributed by atoms with van der Waals surface area (Å²) in [6.07, 6.45) is 1.14. The van der Waals surface area contributed by atoms with Gasteiger partial charge in [-0.1, -0.05) is 26.8 Å². The summed E-state index contributed by atoms with van der Waals surface area (Å²) in [5.74, 6) is -1.34. The van der Waals surface area contributed by atoms with Crippen LogP contribution in [0.2, 0.25) is 0 Å². The van der Waals surface area contributed by atoms with Crippen LogP contribution in [-0.2, 0) is 4.79 Å². The van der Waals surface area contributed by atoms with Crippen molar-refractivity contribution in [3.8, 4) is 11.5 Å². The number of ether oxygens (including phenoxy) is 2. The molecule has 2 N–H and O–H groups in total. The van der Waals surface area contributed by atoms with Gasteiger partial charge in [0.15, 0.2) is 0 Å². The van der Waals surface area contributed by atoms with Gasteiger partial charge in [0.05, 0.1) is 23.8 Å². The summed E-state index contributed by atoms with van der Waals surface area (Å²) >= 11 is 0. The minimum atomic E-state index is -0.820. The lowest BCUT2D eigenvalue weighted by Gasteiger charge is -2.17.